The number of rotatable bonds is 5. The second-order valence-corrected chi connectivity index (χ2v) is 6.35. The minimum atomic E-state index is 0.0763. The van der Waals surface area contributed by atoms with Crippen LogP contribution in [0.4, 0.5) is 0 Å². The lowest BCUT2D eigenvalue weighted by Gasteiger charge is -2.44. The smallest absolute Gasteiger partial charge is 0.0641 e. The molecule has 0 saturated carbocycles. The van der Waals surface area contributed by atoms with E-state index in [-0.39, 0.29) is 11.6 Å². The lowest BCUT2D eigenvalue weighted by molar-refractivity contribution is 0.0840. The van der Waals surface area contributed by atoms with Gasteiger partial charge in [-0.05, 0) is 69.8 Å². The van der Waals surface area contributed by atoms with Crippen LogP contribution in [0.3, 0.4) is 0 Å². The van der Waals surface area contributed by atoms with E-state index in [0.717, 1.165) is 6.42 Å². The predicted octanol–water partition coefficient (Wildman–Crippen LogP) is 3.07. The van der Waals surface area contributed by atoms with Crippen molar-refractivity contribution in [3.05, 3.63) is 34.9 Å². The second kappa shape index (κ2) is 6.25. The summed E-state index contributed by atoms with van der Waals surface area (Å²) in [6.45, 7) is 11.3. The number of aryl methyl sites for hydroxylation is 2. The van der Waals surface area contributed by atoms with E-state index in [1.807, 2.05) is 0 Å². The summed E-state index contributed by atoms with van der Waals surface area (Å²) in [4.78, 5) is 2.60. The van der Waals surface area contributed by atoms with Gasteiger partial charge in [-0.25, -0.2) is 0 Å². The van der Waals surface area contributed by atoms with E-state index >= 15 is 0 Å². The van der Waals surface area contributed by atoms with Crippen LogP contribution in [0, 0.1) is 13.8 Å². The number of hydrogen-bond donors (Lipinski definition) is 2. The largest absolute Gasteiger partial charge is 0.296 e. The van der Waals surface area contributed by atoms with Crippen molar-refractivity contribution in [3.63, 3.8) is 0 Å². The molecule has 0 radical (unpaired) electrons. The minimum absolute atomic E-state index is 0.0763. The molecule has 2 unspecified atom stereocenters. The highest BCUT2D eigenvalue weighted by atomic mass is 15.3. The third-order valence-corrected chi connectivity index (χ3v) is 5.20. The summed E-state index contributed by atoms with van der Waals surface area (Å²) >= 11 is 0. The molecule has 0 amide bonds. The first-order valence-corrected chi connectivity index (χ1v) is 7.81. The van der Waals surface area contributed by atoms with E-state index in [1.165, 1.54) is 42.6 Å². The molecular weight excluding hydrogens is 246 g/mol. The van der Waals surface area contributed by atoms with Crippen molar-refractivity contribution in [2.45, 2.75) is 58.5 Å². The van der Waals surface area contributed by atoms with Gasteiger partial charge < -0.3 is 0 Å². The van der Waals surface area contributed by atoms with E-state index in [2.05, 4.69) is 56.2 Å². The zero-order chi connectivity index (χ0) is 14.8. The van der Waals surface area contributed by atoms with Gasteiger partial charge in [-0.2, -0.15) is 0 Å². The van der Waals surface area contributed by atoms with Crippen LogP contribution in [0.25, 0.3) is 0 Å². The first-order valence-electron chi connectivity index (χ1n) is 7.81. The molecule has 1 aliphatic heterocycles. The Kier molecular flexibility index (Phi) is 4.84. The molecule has 0 bridgehead atoms. The molecule has 3 heteroatoms. The molecule has 1 aromatic carbocycles. The fourth-order valence-corrected chi connectivity index (χ4v) is 3.42. The van der Waals surface area contributed by atoms with Gasteiger partial charge in [-0.3, -0.25) is 16.2 Å². The van der Waals surface area contributed by atoms with E-state index in [1.54, 1.807) is 0 Å². The van der Waals surface area contributed by atoms with Crippen molar-refractivity contribution >= 4 is 0 Å². The van der Waals surface area contributed by atoms with Crippen LogP contribution in [0.1, 0.15) is 55.8 Å². The summed E-state index contributed by atoms with van der Waals surface area (Å²) in [5.74, 6) is 5.95. The van der Waals surface area contributed by atoms with Crippen molar-refractivity contribution in [2.24, 2.45) is 5.84 Å². The lowest BCUT2D eigenvalue weighted by atomic mass is 9.82. The number of nitrogens with one attached hydrogen (secondary N) is 1. The fraction of sp³-hybridized carbons (Fsp3) is 0.647. The van der Waals surface area contributed by atoms with E-state index in [0.29, 0.717) is 0 Å². The van der Waals surface area contributed by atoms with Crippen LogP contribution in [0.5, 0.6) is 0 Å². The molecule has 0 aromatic heterocycles. The normalized spacial score (nSPS) is 20.9. The maximum atomic E-state index is 5.95. The van der Waals surface area contributed by atoms with Crippen molar-refractivity contribution in [3.8, 4) is 0 Å². The van der Waals surface area contributed by atoms with Gasteiger partial charge in [-0.15, -0.1) is 0 Å². The van der Waals surface area contributed by atoms with Gasteiger partial charge in [0.1, 0.15) is 0 Å². The number of nitrogens with zero attached hydrogens (tertiary/aromatic N) is 1. The first-order chi connectivity index (χ1) is 9.52. The van der Waals surface area contributed by atoms with Crippen molar-refractivity contribution in [1.29, 1.82) is 0 Å². The Morgan fingerprint density at radius 2 is 1.90 bits per heavy atom. The zero-order valence-electron chi connectivity index (χ0n) is 13.4. The van der Waals surface area contributed by atoms with Gasteiger partial charge in [-0.1, -0.05) is 25.1 Å². The molecule has 1 heterocycles. The van der Waals surface area contributed by atoms with Crippen LogP contribution in [0.15, 0.2) is 18.2 Å². The highest BCUT2D eigenvalue weighted by Gasteiger charge is 2.39. The van der Waals surface area contributed by atoms with Crippen molar-refractivity contribution in [1.82, 2.24) is 10.3 Å². The molecule has 3 N–H and O–H groups in total. The average molecular weight is 275 g/mol. The lowest BCUT2D eigenvalue weighted by Crippen LogP contribution is -2.54. The number of hydrazine groups is 1. The molecule has 0 spiro atoms. The second-order valence-electron chi connectivity index (χ2n) is 6.35. The van der Waals surface area contributed by atoms with Crippen LogP contribution in [-0.2, 0) is 0 Å². The molecule has 20 heavy (non-hydrogen) atoms. The topological polar surface area (TPSA) is 41.3 Å². The molecule has 1 aromatic rings. The van der Waals surface area contributed by atoms with Gasteiger partial charge in [0.2, 0.25) is 0 Å². The summed E-state index contributed by atoms with van der Waals surface area (Å²) < 4.78 is 0. The Balaban J connectivity index is 2.35. The van der Waals surface area contributed by atoms with Gasteiger partial charge in [0, 0.05) is 5.54 Å². The van der Waals surface area contributed by atoms with E-state index < -0.39 is 0 Å². The summed E-state index contributed by atoms with van der Waals surface area (Å²) in [5, 5.41) is 0. The van der Waals surface area contributed by atoms with Gasteiger partial charge in [0.25, 0.3) is 0 Å². The summed E-state index contributed by atoms with van der Waals surface area (Å²) in [5.41, 5.74) is 7.14. The maximum absolute atomic E-state index is 5.95. The maximum Gasteiger partial charge on any atom is 0.0641 e. The first kappa shape index (κ1) is 15.5. The van der Waals surface area contributed by atoms with Crippen LogP contribution in [0.2, 0.25) is 0 Å². The van der Waals surface area contributed by atoms with Gasteiger partial charge >= 0.3 is 0 Å². The van der Waals surface area contributed by atoms with E-state index in [4.69, 9.17) is 5.84 Å². The number of hydrogen-bond acceptors (Lipinski definition) is 3. The molecule has 2 atom stereocenters. The molecule has 3 nitrogen and oxygen atoms in total. The van der Waals surface area contributed by atoms with Gasteiger partial charge in [0.05, 0.1) is 6.04 Å². The average Bonchev–Trinajstić information content (AvgIpc) is 2.98. The van der Waals surface area contributed by atoms with Crippen LogP contribution in [-0.4, -0.2) is 23.5 Å². The standard InChI is InChI=1S/C17H29N3/c1-5-17(4,20-10-6-7-11-20)16(19-18)15-9-8-13(2)14(3)12-15/h8-9,12,16,19H,5-7,10-11,18H2,1-4H3. The minimum Gasteiger partial charge on any atom is -0.296 e. The summed E-state index contributed by atoms with van der Waals surface area (Å²) in [6.07, 6.45) is 3.70. The summed E-state index contributed by atoms with van der Waals surface area (Å²) in [7, 11) is 0. The number of nitrogens with two attached hydrogens (primary N) is 1. The highest BCUT2D eigenvalue weighted by Crippen LogP contribution is 2.36. The Labute approximate surface area is 123 Å². The zero-order valence-corrected chi connectivity index (χ0v) is 13.4. The van der Waals surface area contributed by atoms with E-state index in [9.17, 15) is 0 Å². The highest BCUT2D eigenvalue weighted by molar-refractivity contribution is 5.33. The molecule has 2 rings (SSSR count). The molecular formula is C17H29N3. The van der Waals surface area contributed by atoms with Gasteiger partial charge in [0.15, 0.2) is 0 Å². The van der Waals surface area contributed by atoms with Crippen LogP contribution >= 0.6 is 0 Å². The quantitative estimate of drug-likeness (QED) is 0.641. The SMILES string of the molecule is CCC(C)(C(NN)c1ccc(C)c(C)c1)N1CCCC1. The molecule has 0 aliphatic carbocycles. The van der Waals surface area contributed by atoms with Crippen molar-refractivity contribution in [2.75, 3.05) is 13.1 Å². The monoisotopic (exact) mass is 275 g/mol. The fourth-order valence-electron chi connectivity index (χ4n) is 3.42. The van der Waals surface area contributed by atoms with Crippen LogP contribution < -0.4 is 11.3 Å². The third kappa shape index (κ3) is 2.76. The number of likely N-dealkylation sites (tertiary alicyclic amines) is 1. The molecule has 1 saturated heterocycles. The Bertz CT molecular complexity index is 452. The number of benzene rings is 1. The summed E-state index contributed by atoms with van der Waals surface area (Å²) in [6, 6.07) is 6.88. The molecule has 112 valence electrons. The Morgan fingerprint density at radius 3 is 2.40 bits per heavy atom. The third-order valence-electron chi connectivity index (χ3n) is 5.20. The molecule has 1 fully saturated rings. The Morgan fingerprint density at radius 1 is 1.25 bits per heavy atom. The van der Waals surface area contributed by atoms with Crippen molar-refractivity contribution < 1.29 is 0 Å². The predicted molar refractivity (Wildman–Crippen MR) is 85.5 cm³/mol. The Hall–Kier alpha value is -0.900. The molecule has 1 aliphatic rings.